The van der Waals surface area contributed by atoms with Gasteiger partial charge in [-0.1, -0.05) is 45.0 Å². The Morgan fingerprint density at radius 1 is 1.16 bits per heavy atom. The Hall–Kier alpha value is -2.26. The van der Waals surface area contributed by atoms with Crippen LogP contribution in [0.15, 0.2) is 44.5 Å². The first-order valence-electron chi connectivity index (χ1n) is 7.51. The van der Waals surface area contributed by atoms with E-state index in [1.54, 1.807) is 4.52 Å². The lowest BCUT2D eigenvalue weighted by Gasteiger charge is -1.97. The Balaban J connectivity index is 1.51. The van der Waals surface area contributed by atoms with E-state index in [0.29, 0.717) is 28.4 Å². The molecule has 3 heterocycles. The van der Waals surface area contributed by atoms with Gasteiger partial charge in [-0.2, -0.15) is 9.97 Å². The van der Waals surface area contributed by atoms with Gasteiger partial charge in [0.1, 0.15) is 0 Å². The van der Waals surface area contributed by atoms with Crippen LogP contribution in [0.3, 0.4) is 0 Å². The molecule has 0 amide bonds. The monoisotopic (exact) mass is 416 g/mol. The summed E-state index contributed by atoms with van der Waals surface area (Å²) in [5.74, 6) is 2.18. The average Bonchev–Trinajstić information content (AvgIpc) is 3.19. The number of nitrogens with zero attached hydrogens (tertiary/aromatic N) is 6. The minimum atomic E-state index is 0.496. The van der Waals surface area contributed by atoms with Gasteiger partial charge in [0.05, 0.1) is 5.75 Å². The number of hydrogen-bond acceptors (Lipinski definition) is 7. The maximum Gasteiger partial charge on any atom is 0.253 e. The van der Waals surface area contributed by atoms with Gasteiger partial charge in [0.2, 0.25) is 16.9 Å². The summed E-state index contributed by atoms with van der Waals surface area (Å²) in [7, 11) is 0. The van der Waals surface area contributed by atoms with Crippen LogP contribution in [-0.4, -0.2) is 29.7 Å². The fourth-order valence-corrected chi connectivity index (χ4v) is 3.45. The lowest BCUT2D eigenvalue weighted by Crippen LogP contribution is -1.97. The third kappa shape index (κ3) is 3.42. The molecule has 0 atom stereocenters. The second-order valence-corrected chi connectivity index (χ2v) is 7.31. The van der Waals surface area contributed by atoms with Gasteiger partial charge in [-0.15, -0.1) is 5.10 Å². The Morgan fingerprint density at radius 2 is 2.04 bits per heavy atom. The maximum atomic E-state index is 5.32. The highest BCUT2D eigenvalue weighted by Gasteiger charge is 2.12. The van der Waals surface area contributed by atoms with Gasteiger partial charge < -0.3 is 4.52 Å². The Kier molecular flexibility index (Phi) is 4.26. The molecule has 4 aromatic rings. The van der Waals surface area contributed by atoms with Crippen LogP contribution in [0, 0.1) is 13.8 Å². The van der Waals surface area contributed by atoms with Crippen molar-refractivity contribution < 1.29 is 4.52 Å². The fourth-order valence-electron chi connectivity index (χ4n) is 2.39. The van der Waals surface area contributed by atoms with Crippen molar-refractivity contribution in [1.29, 1.82) is 0 Å². The van der Waals surface area contributed by atoms with Crippen molar-refractivity contribution in [2.75, 3.05) is 0 Å². The van der Waals surface area contributed by atoms with Gasteiger partial charge in [0.15, 0.2) is 0 Å². The molecule has 7 nitrogen and oxygen atoms in total. The van der Waals surface area contributed by atoms with Crippen LogP contribution in [0.25, 0.3) is 17.2 Å². The van der Waals surface area contributed by atoms with E-state index in [2.05, 4.69) is 41.1 Å². The molecule has 0 N–H and O–H groups in total. The fraction of sp³-hybridized carbons (Fsp3) is 0.188. The highest BCUT2D eigenvalue weighted by molar-refractivity contribution is 9.10. The molecule has 0 saturated heterocycles. The van der Waals surface area contributed by atoms with E-state index in [-0.39, 0.29) is 0 Å². The second kappa shape index (κ2) is 6.57. The highest BCUT2D eigenvalue weighted by Crippen LogP contribution is 2.23. The second-order valence-electron chi connectivity index (χ2n) is 5.46. The Morgan fingerprint density at radius 3 is 2.88 bits per heavy atom. The summed E-state index contributed by atoms with van der Waals surface area (Å²) in [5.41, 5.74) is 2.82. The molecule has 0 fully saturated rings. The zero-order valence-corrected chi connectivity index (χ0v) is 15.9. The van der Waals surface area contributed by atoms with E-state index in [9.17, 15) is 0 Å². The normalized spacial score (nSPS) is 11.3. The van der Waals surface area contributed by atoms with Gasteiger partial charge in [-0.05, 0) is 32.0 Å². The third-order valence-corrected chi connectivity index (χ3v) is 4.79. The first kappa shape index (κ1) is 16.2. The van der Waals surface area contributed by atoms with Crippen molar-refractivity contribution >= 4 is 33.5 Å². The first-order chi connectivity index (χ1) is 12.1. The molecule has 0 radical (unpaired) electrons. The summed E-state index contributed by atoms with van der Waals surface area (Å²) >= 11 is 4.88. The Labute approximate surface area is 156 Å². The van der Waals surface area contributed by atoms with E-state index >= 15 is 0 Å². The van der Waals surface area contributed by atoms with Crippen molar-refractivity contribution in [3.63, 3.8) is 0 Å². The molecule has 0 bridgehead atoms. The smallest absolute Gasteiger partial charge is 0.253 e. The van der Waals surface area contributed by atoms with Crippen LogP contribution in [0.1, 0.15) is 17.3 Å². The number of thioether (sulfide) groups is 1. The number of aromatic nitrogens is 6. The van der Waals surface area contributed by atoms with E-state index in [1.165, 1.54) is 11.8 Å². The lowest BCUT2D eigenvalue weighted by molar-refractivity contribution is 0.391. The zero-order chi connectivity index (χ0) is 17.4. The number of aryl methyl sites for hydroxylation is 2. The Bertz CT molecular complexity index is 1060. The van der Waals surface area contributed by atoms with Crippen LogP contribution >= 0.6 is 27.7 Å². The largest absolute Gasteiger partial charge is 0.338 e. The van der Waals surface area contributed by atoms with Crippen LogP contribution < -0.4 is 0 Å². The molecule has 0 saturated carbocycles. The van der Waals surface area contributed by atoms with E-state index in [4.69, 9.17) is 4.52 Å². The molecule has 0 aliphatic heterocycles. The van der Waals surface area contributed by atoms with Gasteiger partial charge in [0, 0.05) is 21.4 Å². The number of benzene rings is 1. The molecular formula is C16H13BrN6OS. The van der Waals surface area contributed by atoms with Crippen LogP contribution in [0.4, 0.5) is 0 Å². The van der Waals surface area contributed by atoms with Gasteiger partial charge in [0.25, 0.3) is 5.78 Å². The molecule has 4 rings (SSSR count). The molecule has 1 aromatic carbocycles. The molecule has 0 aliphatic carbocycles. The van der Waals surface area contributed by atoms with E-state index < -0.39 is 0 Å². The predicted molar refractivity (Wildman–Crippen MR) is 97.3 cm³/mol. The van der Waals surface area contributed by atoms with Crippen LogP contribution in [-0.2, 0) is 5.75 Å². The van der Waals surface area contributed by atoms with Gasteiger partial charge in [-0.25, -0.2) is 9.50 Å². The molecule has 0 unspecified atom stereocenters. The summed E-state index contributed by atoms with van der Waals surface area (Å²) in [6.45, 7) is 3.92. The summed E-state index contributed by atoms with van der Waals surface area (Å²) in [6, 6.07) is 9.74. The molecule has 0 spiro atoms. The minimum Gasteiger partial charge on any atom is -0.338 e. The lowest BCUT2D eigenvalue weighted by atomic mass is 10.2. The minimum absolute atomic E-state index is 0.496. The maximum absolute atomic E-state index is 5.32. The SMILES string of the molecule is Cc1cc(C)n2nc(SCc3nc(-c4cccc(Br)c4)no3)nc2n1. The van der Waals surface area contributed by atoms with Crippen molar-refractivity contribution in [2.24, 2.45) is 0 Å². The standard InChI is InChI=1S/C16H13BrN6OS/c1-9-6-10(2)23-15(18-9)20-16(21-23)25-8-13-19-14(22-24-13)11-4-3-5-12(17)7-11/h3-7H,8H2,1-2H3. The summed E-state index contributed by atoms with van der Waals surface area (Å²) in [4.78, 5) is 13.2. The van der Waals surface area contributed by atoms with Crippen LogP contribution in [0.5, 0.6) is 0 Å². The number of rotatable bonds is 4. The van der Waals surface area contributed by atoms with Crippen molar-refractivity contribution in [3.8, 4) is 11.4 Å². The average molecular weight is 417 g/mol. The molecule has 25 heavy (non-hydrogen) atoms. The molecule has 3 aromatic heterocycles. The van der Waals surface area contributed by atoms with Crippen LogP contribution in [0.2, 0.25) is 0 Å². The van der Waals surface area contributed by atoms with Gasteiger partial charge in [-0.3, -0.25) is 0 Å². The number of halogens is 1. The molecule has 9 heteroatoms. The first-order valence-corrected chi connectivity index (χ1v) is 9.29. The summed E-state index contributed by atoms with van der Waals surface area (Å²) < 4.78 is 8.02. The molecular weight excluding hydrogens is 404 g/mol. The summed E-state index contributed by atoms with van der Waals surface area (Å²) in [5, 5.41) is 9.11. The highest BCUT2D eigenvalue weighted by atomic mass is 79.9. The van der Waals surface area contributed by atoms with E-state index in [0.717, 1.165) is 21.4 Å². The topological polar surface area (TPSA) is 82.0 Å². The summed E-state index contributed by atoms with van der Waals surface area (Å²) in [6.07, 6.45) is 0. The van der Waals surface area contributed by atoms with Crippen molar-refractivity contribution in [3.05, 3.63) is 52.1 Å². The molecule has 0 aliphatic rings. The van der Waals surface area contributed by atoms with Gasteiger partial charge >= 0.3 is 0 Å². The number of fused-ring (bicyclic) bond motifs is 1. The quantitative estimate of drug-likeness (QED) is 0.467. The van der Waals surface area contributed by atoms with E-state index in [1.807, 2.05) is 44.2 Å². The van der Waals surface area contributed by atoms with Crippen molar-refractivity contribution in [2.45, 2.75) is 24.8 Å². The van der Waals surface area contributed by atoms with Crippen molar-refractivity contribution in [1.82, 2.24) is 29.7 Å². The molecule has 126 valence electrons. The predicted octanol–water partition coefficient (Wildman–Crippen LogP) is 3.85. The third-order valence-electron chi connectivity index (χ3n) is 3.47. The zero-order valence-electron chi connectivity index (χ0n) is 13.5. The number of hydrogen-bond donors (Lipinski definition) is 0.